The normalized spacial score (nSPS) is 12.6. The number of tetrazole rings is 1. The molecule has 146 valence electrons. The summed E-state index contributed by atoms with van der Waals surface area (Å²) < 4.78 is 39.2. The van der Waals surface area contributed by atoms with E-state index in [0.29, 0.717) is 10.8 Å². The lowest BCUT2D eigenvalue weighted by molar-refractivity contribution is -0.137. The number of carbonyl (C=O) groups excluding carboxylic acids is 1. The van der Waals surface area contributed by atoms with Crippen molar-refractivity contribution in [3.05, 3.63) is 54.1 Å². The number of aromatic hydroxyl groups is 1. The highest BCUT2D eigenvalue weighted by molar-refractivity contribution is 8.00. The first kappa shape index (κ1) is 19.7. The van der Waals surface area contributed by atoms with Crippen LogP contribution in [-0.4, -0.2) is 36.5 Å². The number of phenolic OH excluding ortho intramolecular Hbond substituents is 1. The molecule has 0 radical (unpaired) electrons. The van der Waals surface area contributed by atoms with Gasteiger partial charge in [-0.3, -0.25) is 4.79 Å². The second kappa shape index (κ2) is 7.89. The largest absolute Gasteiger partial charge is 0.508 e. The lowest BCUT2D eigenvalue weighted by atomic mass is 10.2. The van der Waals surface area contributed by atoms with Crippen molar-refractivity contribution in [2.75, 3.05) is 5.32 Å². The average Bonchev–Trinajstić information content (AvgIpc) is 3.10. The highest BCUT2D eigenvalue weighted by Crippen LogP contribution is 2.30. The monoisotopic (exact) mass is 409 g/mol. The Labute approximate surface area is 161 Å². The zero-order valence-electron chi connectivity index (χ0n) is 14.4. The summed E-state index contributed by atoms with van der Waals surface area (Å²) in [6.45, 7) is 1.62. The molecule has 1 atom stereocenters. The van der Waals surface area contributed by atoms with Gasteiger partial charge >= 0.3 is 6.18 Å². The maximum absolute atomic E-state index is 12.6. The Bertz CT molecular complexity index is 958. The summed E-state index contributed by atoms with van der Waals surface area (Å²) in [6.07, 6.45) is -4.43. The van der Waals surface area contributed by atoms with E-state index in [1.165, 1.54) is 28.9 Å². The van der Waals surface area contributed by atoms with Crippen LogP contribution in [0.1, 0.15) is 12.5 Å². The molecule has 2 aromatic carbocycles. The van der Waals surface area contributed by atoms with Crippen molar-refractivity contribution in [1.82, 2.24) is 20.2 Å². The van der Waals surface area contributed by atoms with Crippen molar-refractivity contribution in [3.63, 3.8) is 0 Å². The van der Waals surface area contributed by atoms with E-state index in [1.54, 1.807) is 19.1 Å². The predicted molar refractivity (Wildman–Crippen MR) is 96.2 cm³/mol. The van der Waals surface area contributed by atoms with Crippen molar-refractivity contribution in [3.8, 4) is 11.4 Å². The number of aromatic nitrogens is 4. The number of halogens is 3. The maximum Gasteiger partial charge on any atom is 0.416 e. The van der Waals surface area contributed by atoms with Crippen molar-refractivity contribution in [2.45, 2.75) is 23.5 Å². The number of benzene rings is 2. The van der Waals surface area contributed by atoms with Gasteiger partial charge in [-0.15, -0.1) is 5.10 Å². The fourth-order valence-electron chi connectivity index (χ4n) is 2.21. The molecule has 1 aromatic heterocycles. The third-order valence-electron chi connectivity index (χ3n) is 3.67. The second-order valence-corrected chi connectivity index (χ2v) is 7.02. The molecule has 7 nitrogen and oxygen atoms in total. The van der Waals surface area contributed by atoms with Crippen LogP contribution in [-0.2, 0) is 11.0 Å². The van der Waals surface area contributed by atoms with Crippen molar-refractivity contribution >= 4 is 23.4 Å². The standard InChI is InChI=1S/C17H14F3N5O2S/c1-10(15(27)21-12-4-2-11(3-5-12)17(18,19)20)28-16-22-23-24-25(16)13-6-8-14(26)9-7-13/h2-10,26H,1H3,(H,21,27)/t10-/m1/s1. The topological polar surface area (TPSA) is 92.9 Å². The molecule has 28 heavy (non-hydrogen) atoms. The Kier molecular flexibility index (Phi) is 5.54. The number of rotatable bonds is 5. The Morgan fingerprint density at radius 2 is 1.79 bits per heavy atom. The molecule has 3 aromatic rings. The van der Waals surface area contributed by atoms with E-state index in [9.17, 15) is 23.1 Å². The number of anilines is 1. The summed E-state index contributed by atoms with van der Waals surface area (Å²) in [5, 5.41) is 23.0. The first-order chi connectivity index (χ1) is 13.2. The quantitative estimate of drug-likeness (QED) is 0.627. The molecule has 0 saturated carbocycles. The molecular weight excluding hydrogens is 395 g/mol. The van der Waals surface area contributed by atoms with Crippen molar-refractivity contribution in [1.29, 1.82) is 0 Å². The highest BCUT2D eigenvalue weighted by atomic mass is 32.2. The zero-order valence-corrected chi connectivity index (χ0v) is 15.2. The number of hydrogen-bond donors (Lipinski definition) is 2. The third-order valence-corrected chi connectivity index (χ3v) is 4.70. The first-order valence-electron chi connectivity index (χ1n) is 7.96. The van der Waals surface area contributed by atoms with Crippen molar-refractivity contribution < 1.29 is 23.1 Å². The Morgan fingerprint density at radius 3 is 2.39 bits per heavy atom. The number of alkyl halides is 3. The summed E-state index contributed by atoms with van der Waals surface area (Å²) in [7, 11) is 0. The van der Waals surface area contributed by atoms with Crippen LogP contribution in [0.25, 0.3) is 5.69 Å². The number of nitrogens with zero attached hydrogens (tertiary/aromatic N) is 4. The van der Waals surface area contributed by atoms with Crippen LogP contribution < -0.4 is 5.32 Å². The van der Waals surface area contributed by atoms with Gasteiger partial charge < -0.3 is 10.4 Å². The van der Waals surface area contributed by atoms with E-state index in [2.05, 4.69) is 20.8 Å². The van der Waals surface area contributed by atoms with Gasteiger partial charge in [0.15, 0.2) is 0 Å². The second-order valence-electron chi connectivity index (χ2n) is 5.71. The van der Waals surface area contributed by atoms with Crippen LogP contribution in [0.3, 0.4) is 0 Å². The molecule has 3 rings (SSSR count). The number of phenols is 1. The minimum atomic E-state index is -4.43. The Hall–Kier alpha value is -3.08. The predicted octanol–water partition coefficient (Wildman–Crippen LogP) is 3.51. The number of hydrogen-bond acceptors (Lipinski definition) is 6. The molecule has 1 amide bonds. The zero-order chi connectivity index (χ0) is 20.3. The molecule has 0 aliphatic heterocycles. The van der Waals surface area contributed by atoms with Crippen LogP contribution in [0.15, 0.2) is 53.7 Å². The van der Waals surface area contributed by atoms with Crippen LogP contribution in [0, 0.1) is 0 Å². The lowest BCUT2D eigenvalue weighted by Gasteiger charge is -2.12. The maximum atomic E-state index is 12.6. The van der Waals surface area contributed by atoms with Gasteiger partial charge in [-0.2, -0.15) is 17.9 Å². The molecule has 0 spiro atoms. The number of nitrogens with one attached hydrogen (secondary N) is 1. The third kappa shape index (κ3) is 4.60. The Balaban J connectivity index is 1.67. The van der Waals surface area contributed by atoms with Crippen LogP contribution in [0.4, 0.5) is 18.9 Å². The fourth-order valence-corrected chi connectivity index (χ4v) is 3.01. The van der Waals surface area contributed by atoms with Gasteiger partial charge in [0, 0.05) is 5.69 Å². The van der Waals surface area contributed by atoms with Gasteiger partial charge in [-0.05, 0) is 65.9 Å². The molecule has 11 heteroatoms. The summed E-state index contributed by atoms with van der Waals surface area (Å²) in [5.41, 5.74) is 0.0604. The number of carbonyl (C=O) groups is 1. The molecule has 0 bridgehead atoms. The van der Waals surface area contributed by atoms with E-state index >= 15 is 0 Å². The fraction of sp³-hybridized carbons (Fsp3) is 0.176. The van der Waals surface area contributed by atoms with Gasteiger partial charge in [0.2, 0.25) is 11.1 Å². The van der Waals surface area contributed by atoms with Gasteiger partial charge in [0.05, 0.1) is 16.5 Å². The van der Waals surface area contributed by atoms with Crippen molar-refractivity contribution in [2.24, 2.45) is 0 Å². The lowest BCUT2D eigenvalue weighted by Crippen LogP contribution is -2.23. The van der Waals surface area contributed by atoms with Crippen LogP contribution >= 0.6 is 11.8 Å². The first-order valence-corrected chi connectivity index (χ1v) is 8.84. The van der Waals surface area contributed by atoms with Gasteiger partial charge in [-0.25, -0.2) is 0 Å². The minimum absolute atomic E-state index is 0.0929. The summed E-state index contributed by atoms with van der Waals surface area (Å²) in [6, 6.07) is 10.4. The molecule has 2 N–H and O–H groups in total. The van der Waals surface area contributed by atoms with Gasteiger partial charge in [0.25, 0.3) is 0 Å². The molecule has 0 unspecified atom stereocenters. The highest BCUT2D eigenvalue weighted by Gasteiger charge is 2.30. The van der Waals surface area contributed by atoms with Gasteiger partial charge in [-0.1, -0.05) is 11.8 Å². The molecule has 0 aliphatic carbocycles. The smallest absolute Gasteiger partial charge is 0.416 e. The summed E-state index contributed by atoms with van der Waals surface area (Å²) in [5.74, 6) is -0.319. The Morgan fingerprint density at radius 1 is 1.14 bits per heavy atom. The van der Waals surface area contributed by atoms with Crippen LogP contribution in [0.5, 0.6) is 5.75 Å². The van der Waals surface area contributed by atoms with Gasteiger partial charge in [0.1, 0.15) is 5.75 Å². The molecule has 0 saturated heterocycles. The van der Waals surface area contributed by atoms with E-state index in [0.717, 1.165) is 23.9 Å². The van der Waals surface area contributed by atoms with E-state index in [4.69, 9.17) is 0 Å². The molecule has 1 heterocycles. The molecule has 0 fully saturated rings. The van der Waals surface area contributed by atoms with E-state index in [-0.39, 0.29) is 11.4 Å². The summed E-state index contributed by atoms with van der Waals surface area (Å²) in [4.78, 5) is 12.3. The number of thioether (sulfide) groups is 1. The molecule has 0 aliphatic rings. The van der Waals surface area contributed by atoms with Crippen LogP contribution in [0.2, 0.25) is 0 Å². The number of amides is 1. The minimum Gasteiger partial charge on any atom is -0.508 e. The van der Waals surface area contributed by atoms with E-state index < -0.39 is 22.9 Å². The molecular formula is C17H14F3N5O2S. The average molecular weight is 409 g/mol. The SMILES string of the molecule is C[C@@H](Sc1nnnn1-c1ccc(O)cc1)C(=O)Nc1ccc(C(F)(F)F)cc1. The summed E-state index contributed by atoms with van der Waals surface area (Å²) >= 11 is 1.08. The van der Waals surface area contributed by atoms with E-state index in [1.807, 2.05) is 0 Å².